The molecule has 0 spiro atoms. The van der Waals surface area contributed by atoms with Crippen LogP contribution < -0.4 is 0 Å². The van der Waals surface area contributed by atoms with Gasteiger partial charge in [-0.25, -0.2) is 0 Å². The van der Waals surface area contributed by atoms with Crippen molar-refractivity contribution in [3.05, 3.63) is 0 Å². The van der Waals surface area contributed by atoms with Crippen molar-refractivity contribution in [2.45, 2.75) is 24.3 Å². The van der Waals surface area contributed by atoms with Crippen LogP contribution in [0.3, 0.4) is 0 Å². The van der Waals surface area contributed by atoms with E-state index >= 15 is 0 Å². The highest BCUT2D eigenvalue weighted by molar-refractivity contribution is 6.62. The molecule has 1 aliphatic heterocycles. The first kappa shape index (κ1) is 9.19. The second kappa shape index (κ2) is 3.67. The van der Waals surface area contributed by atoms with Crippen LogP contribution in [0.1, 0.15) is 12.8 Å². The van der Waals surface area contributed by atoms with Gasteiger partial charge in [0.05, 0.1) is 0 Å². The van der Waals surface area contributed by atoms with Gasteiger partial charge >= 0.3 is 0 Å². The van der Waals surface area contributed by atoms with Crippen molar-refractivity contribution in [1.82, 2.24) is 0 Å². The summed E-state index contributed by atoms with van der Waals surface area (Å²) in [6.45, 7) is 0. The first-order valence-corrected chi connectivity index (χ1v) is 6.21. The van der Waals surface area contributed by atoms with Gasteiger partial charge in [0, 0.05) is 20.4 Å². The fraction of sp³-hybridized carbons (Fsp3) is 1.00. The molecule has 0 bridgehead atoms. The maximum Gasteiger partial charge on any atom is 0.150 e. The van der Waals surface area contributed by atoms with E-state index in [4.69, 9.17) is 14.6 Å². The third-order valence-electron chi connectivity index (χ3n) is 2.61. The molecule has 0 aromatic rings. The predicted octanol–water partition coefficient (Wildman–Crippen LogP) is 0.0671. The summed E-state index contributed by atoms with van der Waals surface area (Å²) in [5, 5.41) is 9.07. The van der Waals surface area contributed by atoms with Crippen molar-refractivity contribution in [2.24, 2.45) is 0 Å². The van der Waals surface area contributed by atoms with E-state index in [2.05, 4.69) is 0 Å². The summed E-state index contributed by atoms with van der Waals surface area (Å²) in [6, 6.07) is 1.14. The third-order valence-corrected chi connectivity index (χ3v) is 6.16. The fourth-order valence-electron chi connectivity index (χ4n) is 1.87. The maximum atomic E-state index is 9.07. The standard InChI is InChI=1S/C7H16O3Si/c1-9-7(10-2)4-3-5-11(7)6-8/h8,11H,3-6H2,1-2H3. The molecule has 0 aromatic carbocycles. The quantitative estimate of drug-likeness (QED) is 0.488. The molecule has 0 saturated carbocycles. The number of hydrogen-bond donors (Lipinski definition) is 1. The van der Waals surface area contributed by atoms with Crippen molar-refractivity contribution in [1.29, 1.82) is 0 Å². The molecule has 0 radical (unpaired) electrons. The summed E-state index contributed by atoms with van der Waals surface area (Å²) in [5.41, 5.74) is -0.366. The van der Waals surface area contributed by atoms with Crippen LogP contribution in [0.4, 0.5) is 0 Å². The van der Waals surface area contributed by atoms with E-state index < -0.39 is 8.80 Å². The van der Waals surface area contributed by atoms with Gasteiger partial charge in [-0.05, 0) is 6.42 Å². The van der Waals surface area contributed by atoms with Crippen LogP contribution >= 0.6 is 0 Å². The van der Waals surface area contributed by atoms with Gasteiger partial charge in [-0.15, -0.1) is 0 Å². The van der Waals surface area contributed by atoms with Gasteiger partial charge in [0.25, 0.3) is 0 Å². The molecule has 1 aliphatic rings. The Morgan fingerprint density at radius 1 is 1.45 bits per heavy atom. The highest BCUT2D eigenvalue weighted by atomic mass is 28.3. The van der Waals surface area contributed by atoms with E-state index in [1.807, 2.05) is 0 Å². The zero-order chi connectivity index (χ0) is 8.32. The summed E-state index contributed by atoms with van der Waals surface area (Å²) in [7, 11) is 2.14. The van der Waals surface area contributed by atoms with E-state index in [9.17, 15) is 0 Å². The predicted molar refractivity (Wildman–Crippen MR) is 45.0 cm³/mol. The van der Waals surface area contributed by atoms with E-state index in [0.717, 1.165) is 18.9 Å². The second-order valence-electron chi connectivity index (χ2n) is 2.99. The summed E-state index contributed by atoms with van der Waals surface area (Å²) in [5.74, 6) is 0. The Bertz CT molecular complexity index is 125. The van der Waals surface area contributed by atoms with Crippen molar-refractivity contribution in [3.63, 3.8) is 0 Å². The summed E-state index contributed by atoms with van der Waals surface area (Å²) >= 11 is 0. The topological polar surface area (TPSA) is 38.7 Å². The molecule has 1 rings (SSSR count). The van der Waals surface area contributed by atoms with Crippen LogP contribution in [0.5, 0.6) is 0 Å². The van der Waals surface area contributed by atoms with Gasteiger partial charge in [0.1, 0.15) is 14.2 Å². The minimum atomic E-state index is -1.20. The highest BCUT2D eigenvalue weighted by Gasteiger charge is 2.44. The molecule has 1 heterocycles. The number of ether oxygens (including phenoxy) is 2. The van der Waals surface area contributed by atoms with Crippen LogP contribution in [0.25, 0.3) is 0 Å². The summed E-state index contributed by atoms with van der Waals surface area (Å²) < 4.78 is 10.7. The van der Waals surface area contributed by atoms with E-state index in [0.29, 0.717) is 6.23 Å². The van der Waals surface area contributed by atoms with Crippen LogP contribution in [0.15, 0.2) is 0 Å². The van der Waals surface area contributed by atoms with E-state index in [1.54, 1.807) is 14.2 Å². The van der Waals surface area contributed by atoms with E-state index in [1.165, 1.54) is 0 Å². The van der Waals surface area contributed by atoms with Crippen LogP contribution in [-0.4, -0.2) is 39.8 Å². The lowest BCUT2D eigenvalue weighted by atomic mass is 10.3. The lowest BCUT2D eigenvalue weighted by molar-refractivity contribution is -0.147. The minimum Gasteiger partial charge on any atom is -0.400 e. The molecule has 0 aliphatic carbocycles. The van der Waals surface area contributed by atoms with Crippen molar-refractivity contribution >= 4 is 8.80 Å². The smallest absolute Gasteiger partial charge is 0.150 e. The van der Waals surface area contributed by atoms with Gasteiger partial charge in [-0.2, -0.15) is 0 Å². The largest absolute Gasteiger partial charge is 0.400 e. The molecule has 3 nitrogen and oxygen atoms in total. The molecule has 0 amide bonds. The van der Waals surface area contributed by atoms with E-state index in [-0.39, 0.29) is 5.41 Å². The Labute approximate surface area is 68.9 Å². The fourth-order valence-corrected chi connectivity index (χ4v) is 4.75. The Balaban J connectivity index is 2.63. The zero-order valence-corrected chi connectivity index (χ0v) is 8.32. The molecule has 66 valence electrons. The number of aliphatic hydroxyl groups is 1. The summed E-state index contributed by atoms with van der Waals surface area (Å²) in [6.07, 6.45) is 2.39. The van der Waals surface area contributed by atoms with Gasteiger partial charge in [0.15, 0.2) is 0 Å². The Morgan fingerprint density at radius 3 is 2.45 bits per heavy atom. The first-order chi connectivity index (χ1) is 5.29. The third kappa shape index (κ3) is 1.49. The lowest BCUT2D eigenvalue weighted by Gasteiger charge is -2.30. The Hall–Kier alpha value is 0.0969. The SMILES string of the molecule is COC1(OC)CCC[SiH]1CO. The number of hydrogen-bond acceptors (Lipinski definition) is 3. The van der Waals surface area contributed by atoms with Gasteiger partial charge in [0.2, 0.25) is 0 Å². The first-order valence-electron chi connectivity index (χ1n) is 4.00. The molecule has 4 heteroatoms. The highest BCUT2D eigenvalue weighted by Crippen LogP contribution is 2.32. The normalized spacial score (nSPS) is 29.2. The van der Waals surface area contributed by atoms with Crippen molar-refractivity contribution in [3.8, 4) is 0 Å². The number of aliphatic hydroxyl groups excluding tert-OH is 1. The molecule has 0 aromatic heterocycles. The van der Waals surface area contributed by atoms with Crippen LogP contribution in [0, 0.1) is 0 Å². The molecular formula is C7H16O3Si. The second-order valence-corrected chi connectivity index (χ2v) is 6.21. The minimum absolute atomic E-state index is 0.293. The maximum absolute atomic E-state index is 9.07. The number of methoxy groups -OCH3 is 2. The summed E-state index contributed by atoms with van der Waals surface area (Å²) in [4.78, 5) is 0. The zero-order valence-electron chi connectivity index (χ0n) is 7.17. The van der Waals surface area contributed by atoms with Gasteiger partial charge in [-0.1, -0.05) is 12.5 Å². The number of rotatable bonds is 3. The molecule has 11 heavy (non-hydrogen) atoms. The lowest BCUT2D eigenvalue weighted by Crippen LogP contribution is -2.47. The molecule has 1 N–H and O–H groups in total. The van der Waals surface area contributed by atoms with Gasteiger partial charge < -0.3 is 14.6 Å². The molecule has 1 unspecified atom stereocenters. The van der Waals surface area contributed by atoms with Crippen molar-refractivity contribution < 1.29 is 14.6 Å². The van der Waals surface area contributed by atoms with Crippen LogP contribution in [0.2, 0.25) is 6.04 Å². The van der Waals surface area contributed by atoms with Gasteiger partial charge in [-0.3, -0.25) is 0 Å². The average Bonchev–Trinajstić information content (AvgIpc) is 2.47. The molecule has 1 saturated heterocycles. The molecule has 1 fully saturated rings. The Kier molecular flexibility index (Phi) is 3.06. The average molecular weight is 176 g/mol. The molecule has 1 atom stereocenters. The van der Waals surface area contributed by atoms with Crippen molar-refractivity contribution in [2.75, 3.05) is 20.4 Å². The Morgan fingerprint density at radius 2 is 2.09 bits per heavy atom. The monoisotopic (exact) mass is 176 g/mol. The van der Waals surface area contributed by atoms with Crippen LogP contribution in [-0.2, 0) is 9.47 Å². The molecular weight excluding hydrogens is 160 g/mol.